The van der Waals surface area contributed by atoms with Crippen LogP contribution in [-0.2, 0) is 4.74 Å². The second kappa shape index (κ2) is 13.3. The highest BCUT2D eigenvalue weighted by molar-refractivity contribution is 6.03. The van der Waals surface area contributed by atoms with Crippen molar-refractivity contribution in [2.45, 2.75) is 83.8 Å². The van der Waals surface area contributed by atoms with Gasteiger partial charge in [0.05, 0.1) is 12.3 Å². The molecule has 5 heteroatoms. The van der Waals surface area contributed by atoms with Crippen LogP contribution in [0, 0.1) is 0 Å². The van der Waals surface area contributed by atoms with Gasteiger partial charge in [0.25, 0.3) is 5.79 Å². The van der Waals surface area contributed by atoms with Gasteiger partial charge in [0.2, 0.25) is 5.78 Å². The fourth-order valence-electron chi connectivity index (χ4n) is 3.12. The SMILES string of the molecule is CC=CC(O)(OCCCCCCCCCCCC)C(=O)c1ccc(N)c(O)c1. The molecule has 0 fully saturated rings. The number of rotatable bonds is 15. The number of allylic oxidation sites excluding steroid dienone is 1. The lowest BCUT2D eigenvalue weighted by molar-refractivity contribution is -0.132. The average molecular weight is 392 g/mol. The Morgan fingerprint density at radius 2 is 1.64 bits per heavy atom. The number of unbranched alkanes of at least 4 members (excludes halogenated alkanes) is 9. The number of ketones is 1. The van der Waals surface area contributed by atoms with Gasteiger partial charge in [0.1, 0.15) is 5.75 Å². The minimum absolute atomic E-state index is 0.148. The van der Waals surface area contributed by atoms with Gasteiger partial charge in [-0.15, -0.1) is 0 Å². The van der Waals surface area contributed by atoms with Crippen molar-refractivity contribution in [2.24, 2.45) is 0 Å². The molecular weight excluding hydrogens is 354 g/mol. The van der Waals surface area contributed by atoms with Crippen LogP contribution in [0.2, 0.25) is 0 Å². The number of phenolic OH excluding ortho intramolecular Hbond substituents is 1. The van der Waals surface area contributed by atoms with Gasteiger partial charge in [0.15, 0.2) is 0 Å². The lowest BCUT2D eigenvalue weighted by Gasteiger charge is -2.23. The van der Waals surface area contributed by atoms with Gasteiger partial charge in [-0.1, -0.05) is 70.8 Å². The zero-order chi connectivity index (χ0) is 20.8. The molecule has 0 saturated carbocycles. The standard InChI is InChI=1S/C23H37NO4/c1-3-5-6-7-8-9-10-11-12-13-17-28-23(27,16-4-2)22(26)19-14-15-20(24)21(25)18-19/h4,14-16,18,25,27H,3,5-13,17,24H2,1-2H3. The van der Waals surface area contributed by atoms with E-state index < -0.39 is 11.6 Å². The van der Waals surface area contributed by atoms with Gasteiger partial charge in [-0.05, 0) is 37.6 Å². The number of anilines is 1. The highest BCUT2D eigenvalue weighted by atomic mass is 16.6. The van der Waals surface area contributed by atoms with Crippen LogP contribution in [0.3, 0.4) is 0 Å². The van der Waals surface area contributed by atoms with E-state index in [1.54, 1.807) is 13.0 Å². The summed E-state index contributed by atoms with van der Waals surface area (Å²) in [6, 6.07) is 4.15. The molecule has 4 N–H and O–H groups in total. The number of carbonyl (C=O) groups excluding carboxylic acids is 1. The molecule has 158 valence electrons. The third kappa shape index (κ3) is 8.44. The van der Waals surface area contributed by atoms with E-state index in [1.807, 2.05) is 0 Å². The molecule has 1 aromatic carbocycles. The van der Waals surface area contributed by atoms with Crippen molar-refractivity contribution in [2.75, 3.05) is 12.3 Å². The van der Waals surface area contributed by atoms with Gasteiger partial charge < -0.3 is 20.7 Å². The summed E-state index contributed by atoms with van der Waals surface area (Å²) in [6.07, 6.45) is 14.9. The third-order valence-corrected chi connectivity index (χ3v) is 4.83. The Morgan fingerprint density at radius 3 is 2.18 bits per heavy atom. The molecule has 1 atom stereocenters. The largest absolute Gasteiger partial charge is 0.506 e. The molecule has 1 unspecified atom stereocenters. The average Bonchev–Trinajstić information content (AvgIpc) is 2.68. The summed E-state index contributed by atoms with van der Waals surface area (Å²) >= 11 is 0. The first kappa shape index (κ1) is 24.2. The smallest absolute Gasteiger partial charge is 0.251 e. The van der Waals surface area contributed by atoms with Gasteiger partial charge in [-0.3, -0.25) is 4.79 Å². The molecule has 0 saturated heterocycles. The summed E-state index contributed by atoms with van der Waals surface area (Å²) in [4.78, 5) is 12.7. The van der Waals surface area contributed by atoms with Gasteiger partial charge in [-0.2, -0.15) is 0 Å². The number of Topliss-reactive ketones (excluding diaryl/α,β-unsaturated/α-hetero) is 1. The van der Waals surface area contributed by atoms with Crippen molar-refractivity contribution in [3.63, 3.8) is 0 Å². The first-order valence-electron chi connectivity index (χ1n) is 10.6. The quantitative estimate of drug-likeness (QED) is 0.0934. The zero-order valence-corrected chi connectivity index (χ0v) is 17.5. The second-order valence-electron chi connectivity index (χ2n) is 7.33. The van der Waals surface area contributed by atoms with Crippen LogP contribution < -0.4 is 5.73 Å². The van der Waals surface area contributed by atoms with E-state index in [0.29, 0.717) is 6.61 Å². The van der Waals surface area contributed by atoms with Crippen LogP contribution >= 0.6 is 0 Å². The van der Waals surface area contributed by atoms with Crippen LogP contribution in [0.15, 0.2) is 30.4 Å². The highest BCUT2D eigenvalue weighted by Crippen LogP contribution is 2.25. The molecule has 0 aliphatic rings. The molecule has 0 radical (unpaired) electrons. The number of hydrogen-bond donors (Lipinski definition) is 3. The fraction of sp³-hybridized carbons (Fsp3) is 0.609. The number of nitrogen functional groups attached to an aromatic ring is 1. The summed E-state index contributed by atoms with van der Waals surface area (Å²) in [6.45, 7) is 4.24. The molecule has 0 aromatic heterocycles. The van der Waals surface area contributed by atoms with Crippen LogP contribution in [-0.4, -0.2) is 28.4 Å². The number of benzene rings is 1. The zero-order valence-electron chi connectivity index (χ0n) is 17.5. The molecule has 0 amide bonds. The molecule has 5 nitrogen and oxygen atoms in total. The summed E-state index contributed by atoms with van der Waals surface area (Å²) in [5, 5.41) is 20.4. The summed E-state index contributed by atoms with van der Waals surface area (Å²) in [5.41, 5.74) is 5.89. The maximum atomic E-state index is 12.7. The Hall–Kier alpha value is -1.85. The van der Waals surface area contributed by atoms with Crippen molar-refractivity contribution in [3.8, 4) is 5.75 Å². The third-order valence-electron chi connectivity index (χ3n) is 4.83. The molecular formula is C23H37NO4. The number of carbonyl (C=O) groups is 1. The monoisotopic (exact) mass is 391 g/mol. The lowest BCUT2D eigenvalue weighted by Crippen LogP contribution is -2.40. The predicted molar refractivity (Wildman–Crippen MR) is 114 cm³/mol. The first-order chi connectivity index (χ1) is 13.4. The number of phenols is 1. The molecule has 0 aliphatic heterocycles. The second-order valence-corrected chi connectivity index (χ2v) is 7.33. The molecule has 0 heterocycles. The minimum Gasteiger partial charge on any atom is -0.506 e. The number of hydrogen-bond acceptors (Lipinski definition) is 5. The van der Waals surface area contributed by atoms with E-state index in [2.05, 4.69) is 6.92 Å². The van der Waals surface area contributed by atoms with Crippen LogP contribution in [0.5, 0.6) is 5.75 Å². The molecule has 0 spiro atoms. The van der Waals surface area contributed by atoms with E-state index in [-0.39, 0.29) is 17.0 Å². The Balaban J connectivity index is 2.37. The van der Waals surface area contributed by atoms with Gasteiger partial charge in [0, 0.05) is 5.56 Å². The summed E-state index contributed by atoms with van der Waals surface area (Å²) in [7, 11) is 0. The number of nitrogens with two attached hydrogens (primary N) is 1. The van der Waals surface area contributed by atoms with Crippen molar-refractivity contribution in [3.05, 3.63) is 35.9 Å². The van der Waals surface area contributed by atoms with Gasteiger partial charge in [-0.25, -0.2) is 0 Å². The molecule has 1 rings (SSSR count). The Morgan fingerprint density at radius 1 is 1.07 bits per heavy atom. The number of aliphatic hydroxyl groups is 1. The molecule has 0 bridgehead atoms. The normalized spacial score (nSPS) is 13.7. The van der Waals surface area contributed by atoms with E-state index in [1.165, 1.54) is 69.2 Å². The van der Waals surface area contributed by atoms with Crippen molar-refractivity contribution < 1.29 is 19.7 Å². The van der Waals surface area contributed by atoms with E-state index in [4.69, 9.17) is 10.5 Å². The molecule has 0 aliphatic carbocycles. The molecule has 1 aromatic rings. The molecule has 28 heavy (non-hydrogen) atoms. The minimum atomic E-state index is -2.03. The Labute approximate surface area is 169 Å². The first-order valence-corrected chi connectivity index (χ1v) is 10.6. The lowest BCUT2D eigenvalue weighted by atomic mass is 10.0. The Kier molecular flexibility index (Phi) is 11.5. The number of ether oxygens (including phenoxy) is 1. The predicted octanol–water partition coefficient (Wildman–Crippen LogP) is 5.36. The van der Waals surface area contributed by atoms with E-state index in [9.17, 15) is 15.0 Å². The van der Waals surface area contributed by atoms with Crippen molar-refractivity contribution in [1.82, 2.24) is 0 Å². The highest BCUT2D eigenvalue weighted by Gasteiger charge is 2.35. The van der Waals surface area contributed by atoms with Crippen LogP contribution in [0.4, 0.5) is 5.69 Å². The van der Waals surface area contributed by atoms with Crippen LogP contribution in [0.1, 0.15) is 88.4 Å². The maximum Gasteiger partial charge on any atom is 0.251 e. The summed E-state index contributed by atoms with van der Waals surface area (Å²) in [5.74, 6) is -2.84. The maximum absolute atomic E-state index is 12.7. The van der Waals surface area contributed by atoms with Crippen LogP contribution in [0.25, 0.3) is 0 Å². The number of aromatic hydroxyl groups is 1. The summed E-state index contributed by atoms with van der Waals surface area (Å²) < 4.78 is 5.53. The Bertz CT molecular complexity index is 615. The van der Waals surface area contributed by atoms with E-state index >= 15 is 0 Å². The van der Waals surface area contributed by atoms with Gasteiger partial charge >= 0.3 is 0 Å². The van der Waals surface area contributed by atoms with Crippen molar-refractivity contribution in [1.29, 1.82) is 0 Å². The van der Waals surface area contributed by atoms with Crippen molar-refractivity contribution >= 4 is 11.5 Å². The topological polar surface area (TPSA) is 92.8 Å². The van der Waals surface area contributed by atoms with E-state index in [0.717, 1.165) is 19.3 Å². The fourth-order valence-corrected chi connectivity index (χ4v) is 3.12.